The van der Waals surface area contributed by atoms with Crippen molar-refractivity contribution in [2.24, 2.45) is 0 Å². The maximum atomic E-state index is 13.4. The lowest BCUT2D eigenvalue weighted by Crippen LogP contribution is -2.50. The van der Waals surface area contributed by atoms with Gasteiger partial charge in [-0.25, -0.2) is 9.18 Å². The number of benzene rings is 1. The van der Waals surface area contributed by atoms with Gasteiger partial charge in [-0.2, -0.15) is 0 Å². The van der Waals surface area contributed by atoms with Gasteiger partial charge in [0.25, 0.3) is 0 Å². The van der Waals surface area contributed by atoms with Gasteiger partial charge in [0.05, 0.1) is 0 Å². The minimum absolute atomic E-state index is 0.310. The first-order valence-corrected chi connectivity index (χ1v) is 6.18. The summed E-state index contributed by atoms with van der Waals surface area (Å²) in [7, 11) is 0. The van der Waals surface area contributed by atoms with E-state index < -0.39 is 29.9 Å². The van der Waals surface area contributed by atoms with Crippen LogP contribution in [-0.4, -0.2) is 34.1 Å². The number of hydrogen-bond acceptors (Lipinski definition) is 2. The Hall–Kier alpha value is -2.11. The van der Waals surface area contributed by atoms with Crippen LogP contribution in [0.15, 0.2) is 18.2 Å². The molecular weight excluding hydrogens is 263 g/mol. The largest absolute Gasteiger partial charge is 0.480 e. The number of carbonyl (C=O) groups is 2. The zero-order valence-corrected chi connectivity index (χ0v) is 12.0. The van der Waals surface area contributed by atoms with Crippen LogP contribution in [0, 0.1) is 12.7 Å². The Bertz CT molecular complexity index is 524. The average molecular weight is 282 g/mol. The van der Waals surface area contributed by atoms with E-state index in [9.17, 15) is 14.0 Å². The van der Waals surface area contributed by atoms with Crippen LogP contribution in [0.5, 0.6) is 0 Å². The molecule has 20 heavy (non-hydrogen) atoms. The van der Waals surface area contributed by atoms with E-state index in [4.69, 9.17) is 5.11 Å². The standard InChI is InChI=1S/C14H19FN2O3/c1-9-10(15)6-5-7-11(9)16-13(20)17(8-12(18)19)14(2,3)4/h5-7H,8H2,1-4H3,(H,16,20)(H,18,19). The topological polar surface area (TPSA) is 69.6 Å². The van der Waals surface area contributed by atoms with Gasteiger partial charge in [0.15, 0.2) is 0 Å². The third kappa shape index (κ3) is 3.94. The van der Waals surface area contributed by atoms with Gasteiger partial charge in [0.1, 0.15) is 12.4 Å². The van der Waals surface area contributed by atoms with E-state index in [0.29, 0.717) is 11.3 Å². The Labute approximate surface area is 117 Å². The molecule has 0 saturated carbocycles. The molecule has 1 aromatic carbocycles. The number of carbonyl (C=O) groups excluding carboxylic acids is 1. The number of nitrogens with zero attached hydrogens (tertiary/aromatic N) is 1. The summed E-state index contributed by atoms with van der Waals surface area (Å²) in [5.41, 5.74) is -0.0244. The summed E-state index contributed by atoms with van der Waals surface area (Å²) in [5, 5.41) is 11.4. The number of carboxylic acid groups (broad SMARTS) is 1. The molecular formula is C14H19FN2O3. The summed E-state index contributed by atoms with van der Waals surface area (Å²) in [6, 6.07) is 3.77. The van der Waals surface area contributed by atoms with Crippen molar-refractivity contribution < 1.29 is 19.1 Å². The molecule has 0 aromatic heterocycles. The van der Waals surface area contributed by atoms with Gasteiger partial charge < -0.3 is 15.3 Å². The van der Waals surface area contributed by atoms with Crippen LogP contribution in [0.1, 0.15) is 26.3 Å². The Balaban J connectivity index is 2.97. The smallest absolute Gasteiger partial charge is 0.323 e. The molecule has 0 bridgehead atoms. The molecule has 1 aromatic rings. The van der Waals surface area contributed by atoms with Gasteiger partial charge >= 0.3 is 12.0 Å². The quantitative estimate of drug-likeness (QED) is 0.895. The molecule has 0 spiro atoms. The molecule has 0 heterocycles. The fraction of sp³-hybridized carbons (Fsp3) is 0.429. The molecule has 0 radical (unpaired) electrons. The molecule has 2 N–H and O–H groups in total. The monoisotopic (exact) mass is 282 g/mol. The van der Waals surface area contributed by atoms with Crippen LogP contribution in [0.2, 0.25) is 0 Å². The normalized spacial score (nSPS) is 11.1. The highest BCUT2D eigenvalue weighted by atomic mass is 19.1. The van der Waals surface area contributed by atoms with Gasteiger partial charge in [0.2, 0.25) is 0 Å². The Morgan fingerprint density at radius 1 is 1.35 bits per heavy atom. The van der Waals surface area contributed by atoms with Gasteiger partial charge in [-0.05, 0) is 39.8 Å². The van der Waals surface area contributed by atoms with Crippen molar-refractivity contribution in [3.63, 3.8) is 0 Å². The summed E-state index contributed by atoms with van der Waals surface area (Å²) < 4.78 is 13.4. The molecule has 6 heteroatoms. The lowest BCUT2D eigenvalue weighted by molar-refractivity contribution is -0.138. The van der Waals surface area contributed by atoms with Crippen molar-refractivity contribution in [1.29, 1.82) is 0 Å². The number of carboxylic acids is 1. The second kappa shape index (κ2) is 5.90. The molecule has 0 atom stereocenters. The van der Waals surface area contributed by atoms with Crippen LogP contribution in [0.25, 0.3) is 0 Å². The number of amides is 2. The molecule has 0 fully saturated rings. The van der Waals surface area contributed by atoms with Crippen molar-refractivity contribution in [1.82, 2.24) is 4.90 Å². The van der Waals surface area contributed by atoms with Crippen LogP contribution >= 0.6 is 0 Å². The van der Waals surface area contributed by atoms with E-state index >= 15 is 0 Å². The molecule has 0 aliphatic carbocycles. The van der Waals surface area contributed by atoms with Crippen LogP contribution in [-0.2, 0) is 4.79 Å². The zero-order chi connectivity index (χ0) is 15.5. The maximum Gasteiger partial charge on any atom is 0.323 e. The van der Waals surface area contributed by atoms with Crippen molar-refractivity contribution in [3.05, 3.63) is 29.6 Å². The number of urea groups is 1. The molecule has 0 saturated heterocycles. The number of aliphatic carboxylic acids is 1. The van der Waals surface area contributed by atoms with Crippen molar-refractivity contribution in [3.8, 4) is 0 Å². The molecule has 5 nitrogen and oxygen atoms in total. The molecule has 0 aliphatic rings. The molecule has 2 amide bonds. The first-order valence-electron chi connectivity index (χ1n) is 6.18. The highest BCUT2D eigenvalue weighted by Gasteiger charge is 2.28. The van der Waals surface area contributed by atoms with Gasteiger partial charge in [-0.15, -0.1) is 0 Å². The fourth-order valence-electron chi connectivity index (χ4n) is 1.67. The van der Waals surface area contributed by atoms with Crippen molar-refractivity contribution in [2.75, 3.05) is 11.9 Å². The molecule has 1 rings (SSSR count). The number of hydrogen-bond donors (Lipinski definition) is 2. The summed E-state index contributed by atoms with van der Waals surface area (Å²) >= 11 is 0. The summed E-state index contributed by atoms with van der Waals surface area (Å²) in [6.45, 7) is 6.31. The van der Waals surface area contributed by atoms with Crippen molar-refractivity contribution >= 4 is 17.7 Å². The van der Waals surface area contributed by atoms with E-state index in [1.165, 1.54) is 17.0 Å². The third-order valence-corrected chi connectivity index (χ3v) is 2.86. The van der Waals surface area contributed by atoms with E-state index in [1.54, 1.807) is 33.8 Å². The van der Waals surface area contributed by atoms with Crippen LogP contribution < -0.4 is 5.32 Å². The lowest BCUT2D eigenvalue weighted by Gasteiger charge is -2.34. The first kappa shape index (κ1) is 15.9. The summed E-state index contributed by atoms with van der Waals surface area (Å²) in [5.74, 6) is -1.53. The minimum atomic E-state index is -1.11. The first-order chi connectivity index (χ1) is 9.12. The number of anilines is 1. The Morgan fingerprint density at radius 2 is 1.95 bits per heavy atom. The van der Waals surface area contributed by atoms with Crippen LogP contribution in [0.3, 0.4) is 0 Å². The summed E-state index contributed by atoms with van der Waals surface area (Å²) in [4.78, 5) is 24.2. The molecule has 0 unspecified atom stereocenters. The van der Waals surface area contributed by atoms with E-state index in [0.717, 1.165) is 0 Å². The molecule has 110 valence electrons. The van der Waals surface area contributed by atoms with Crippen LogP contribution in [0.4, 0.5) is 14.9 Å². The van der Waals surface area contributed by atoms with Crippen molar-refractivity contribution in [2.45, 2.75) is 33.2 Å². The summed E-state index contributed by atoms with van der Waals surface area (Å²) in [6.07, 6.45) is 0. The Morgan fingerprint density at radius 3 is 2.45 bits per heavy atom. The second-order valence-electron chi connectivity index (χ2n) is 5.49. The lowest BCUT2D eigenvalue weighted by atomic mass is 10.1. The SMILES string of the molecule is Cc1c(F)cccc1NC(=O)N(CC(=O)O)C(C)(C)C. The maximum absolute atomic E-state index is 13.4. The van der Waals surface area contributed by atoms with E-state index in [-0.39, 0.29) is 0 Å². The number of rotatable bonds is 3. The predicted molar refractivity (Wildman–Crippen MR) is 74.3 cm³/mol. The highest BCUT2D eigenvalue weighted by Crippen LogP contribution is 2.20. The minimum Gasteiger partial charge on any atom is -0.480 e. The average Bonchev–Trinajstić information content (AvgIpc) is 2.30. The van der Waals surface area contributed by atoms with Gasteiger partial charge in [-0.1, -0.05) is 6.07 Å². The molecule has 0 aliphatic heterocycles. The number of nitrogens with one attached hydrogen (secondary N) is 1. The van der Waals surface area contributed by atoms with E-state index in [1.807, 2.05) is 0 Å². The van der Waals surface area contributed by atoms with Gasteiger partial charge in [-0.3, -0.25) is 4.79 Å². The Kier molecular flexibility index (Phi) is 4.70. The second-order valence-corrected chi connectivity index (χ2v) is 5.49. The number of halogens is 1. The zero-order valence-electron chi connectivity index (χ0n) is 12.0. The fourth-order valence-corrected chi connectivity index (χ4v) is 1.67. The van der Waals surface area contributed by atoms with Gasteiger partial charge in [0, 0.05) is 16.8 Å². The van der Waals surface area contributed by atoms with E-state index in [2.05, 4.69) is 5.32 Å². The highest BCUT2D eigenvalue weighted by molar-refractivity contribution is 5.92. The third-order valence-electron chi connectivity index (χ3n) is 2.86. The predicted octanol–water partition coefficient (Wildman–Crippen LogP) is 2.85.